The predicted octanol–water partition coefficient (Wildman–Crippen LogP) is 4.20. The topological polar surface area (TPSA) is 55.4 Å². The van der Waals surface area contributed by atoms with Gasteiger partial charge < -0.3 is 10.1 Å². The van der Waals surface area contributed by atoms with Crippen LogP contribution in [0, 0.1) is 0 Å². The highest BCUT2D eigenvalue weighted by Gasteiger charge is 2.23. The maximum absolute atomic E-state index is 12.6. The molecule has 1 N–H and O–H groups in total. The fraction of sp³-hybridized carbons (Fsp3) is 0.143. The van der Waals surface area contributed by atoms with Crippen LogP contribution in [0.3, 0.4) is 0 Å². The van der Waals surface area contributed by atoms with E-state index in [1.54, 1.807) is 24.4 Å². The molecule has 0 fully saturated rings. The van der Waals surface area contributed by atoms with Crippen LogP contribution in [0.5, 0.6) is 0 Å². The number of benzene rings is 2. The van der Waals surface area contributed by atoms with E-state index in [1.807, 2.05) is 60.7 Å². The first-order valence-corrected chi connectivity index (χ1v) is 9.18. The molecule has 0 aliphatic carbocycles. The zero-order chi connectivity index (χ0) is 18.4. The van der Waals surface area contributed by atoms with Crippen molar-refractivity contribution in [3.05, 3.63) is 94.2 Å². The Morgan fingerprint density at radius 2 is 1.46 bits per heavy atom. The number of nitrogens with one attached hydrogen (secondary N) is 1. The van der Waals surface area contributed by atoms with Gasteiger partial charge in [-0.1, -0.05) is 66.7 Å². The number of hydrogen-bond acceptors (Lipinski definition) is 4. The Morgan fingerprint density at radius 1 is 0.885 bits per heavy atom. The second-order valence-corrected chi connectivity index (χ2v) is 6.74. The average molecular weight is 365 g/mol. The lowest BCUT2D eigenvalue weighted by Crippen LogP contribution is -2.38. The lowest BCUT2D eigenvalue weighted by molar-refractivity contribution is -0.129. The minimum absolute atomic E-state index is 0.312. The molecule has 4 nitrogen and oxygen atoms in total. The molecule has 3 rings (SSSR count). The van der Waals surface area contributed by atoms with Gasteiger partial charge in [0.2, 0.25) is 0 Å². The van der Waals surface area contributed by atoms with Crippen molar-refractivity contribution >= 4 is 23.2 Å². The van der Waals surface area contributed by atoms with Crippen LogP contribution in [0.15, 0.2) is 78.2 Å². The highest BCUT2D eigenvalue weighted by atomic mass is 32.1. The average Bonchev–Trinajstić information content (AvgIpc) is 3.22. The molecule has 0 radical (unpaired) electrons. The van der Waals surface area contributed by atoms with Gasteiger partial charge in [0.15, 0.2) is 6.10 Å². The third kappa shape index (κ3) is 4.37. The van der Waals surface area contributed by atoms with E-state index in [0.717, 1.165) is 11.1 Å². The van der Waals surface area contributed by atoms with Crippen LogP contribution in [0.4, 0.5) is 0 Å². The second-order valence-electron chi connectivity index (χ2n) is 5.79. The number of ether oxygens (including phenoxy) is 1. The van der Waals surface area contributed by atoms with Crippen molar-refractivity contribution in [2.45, 2.75) is 19.1 Å². The Labute approximate surface area is 156 Å². The van der Waals surface area contributed by atoms with Gasteiger partial charge in [0.25, 0.3) is 5.91 Å². The minimum Gasteiger partial charge on any atom is -0.448 e. The normalized spacial score (nSPS) is 11.8. The van der Waals surface area contributed by atoms with Gasteiger partial charge in [0, 0.05) is 0 Å². The van der Waals surface area contributed by atoms with Crippen molar-refractivity contribution in [1.82, 2.24) is 5.32 Å². The summed E-state index contributed by atoms with van der Waals surface area (Å²) in [5.74, 6) is -0.828. The number of esters is 1. The number of thiophene rings is 1. The van der Waals surface area contributed by atoms with E-state index in [2.05, 4.69) is 5.32 Å². The maximum atomic E-state index is 12.6. The van der Waals surface area contributed by atoms with E-state index in [-0.39, 0.29) is 11.9 Å². The van der Waals surface area contributed by atoms with Crippen molar-refractivity contribution in [1.29, 1.82) is 0 Å². The van der Waals surface area contributed by atoms with Crippen molar-refractivity contribution in [2.75, 3.05) is 0 Å². The van der Waals surface area contributed by atoms with Gasteiger partial charge in [0.05, 0.1) is 6.04 Å². The predicted molar refractivity (Wildman–Crippen MR) is 102 cm³/mol. The summed E-state index contributed by atoms with van der Waals surface area (Å²) in [5.41, 5.74) is 1.92. The fourth-order valence-electron chi connectivity index (χ4n) is 2.58. The van der Waals surface area contributed by atoms with E-state index in [4.69, 9.17) is 4.74 Å². The van der Waals surface area contributed by atoms with Crippen molar-refractivity contribution in [3.8, 4) is 0 Å². The molecule has 0 aliphatic rings. The maximum Gasteiger partial charge on any atom is 0.349 e. The van der Waals surface area contributed by atoms with Crippen molar-refractivity contribution in [3.63, 3.8) is 0 Å². The zero-order valence-corrected chi connectivity index (χ0v) is 15.1. The fourth-order valence-corrected chi connectivity index (χ4v) is 3.18. The summed E-state index contributed by atoms with van der Waals surface area (Å²) < 4.78 is 5.29. The molecular formula is C21H19NO3S. The Hall–Kier alpha value is -2.92. The standard InChI is InChI=1S/C21H19NO3S/c1-15(25-21(24)18-13-8-14-26-18)20(23)22-19(16-9-4-2-5-10-16)17-11-6-3-7-12-17/h2-15,19H,1H3,(H,22,23)/t15-/m1/s1. The van der Waals surface area contributed by atoms with Crippen LogP contribution in [0.2, 0.25) is 0 Å². The van der Waals surface area contributed by atoms with Gasteiger partial charge in [-0.15, -0.1) is 11.3 Å². The van der Waals surface area contributed by atoms with E-state index in [1.165, 1.54) is 11.3 Å². The lowest BCUT2D eigenvalue weighted by atomic mass is 9.98. The van der Waals surface area contributed by atoms with Gasteiger partial charge in [-0.3, -0.25) is 4.79 Å². The zero-order valence-electron chi connectivity index (χ0n) is 14.3. The minimum atomic E-state index is -0.889. The quantitative estimate of drug-likeness (QED) is 0.666. The number of carbonyl (C=O) groups is 2. The van der Waals surface area contributed by atoms with Crippen LogP contribution in [0.25, 0.3) is 0 Å². The molecular weight excluding hydrogens is 346 g/mol. The largest absolute Gasteiger partial charge is 0.448 e. The van der Waals surface area contributed by atoms with Crippen LogP contribution < -0.4 is 5.32 Å². The van der Waals surface area contributed by atoms with E-state index < -0.39 is 12.1 Å². The van der Waals surface area contributed by atoms with Crippen LogP contribution >= 0.6 is 11.3 Å². The molecule has 1 heterocycles. The Kier molecular flexibility index (Phi) is 5.81. The molecule has 1 aromatic heterocycles. The van der Waals surface area contributed by atoms with Gasteiger partial charge in [0.1, 0.15) is 4.88 Å². The van der Waals surface area contributed by atoms with E-state index >= 15 is 0 Å². The van der Waals surface area contributed by atoms with Crippen LogP contribution in [0.1, 0.15) is 33.8 Å². The summed E-state index contributed by atoms with van der Waals surface area (Å²) in [6, 6.07) is 22.5. The van der Waals surface area contributed by atoms with E-state index in [0.29, 0.717) is 4.88 Å². The summed E-state index contributed by atoms with van der Waals surface area (Å²) in [4.78, 5) is 25.2. The third-order valence-corrected chi connectivity index (χ3v) is 4.78. The Morgan fingerprint density at radius 3 is 1.96 bits per heavy atom. The molecule has 2 aromatic carbocycles. The molecule has 1 atom stereocenters. The van der Waals surface area contributed by atoms with Gasteiger partial charge in [-0.2, -0.15) is 0 Å². The smallest absolute Gasteiger partial charge is 0.349 e. The Bertz CT molecular complexity index is 808. The molecule has 26 heavy (non-hydrogen) atoms. The number of rotatable bonds is 6. The lowest BCUT2D eigenvalue weighted by Gasteiger charge is -2.22. The number of carbonyl (C=O) groups excluding carboxylic acids is 2. The van der Waals surface area contributed by atoms with E-state index in [9.17, 15) is 9.59 Å². The first kappa shape index (κ1) is 17.9. The first-order valence-electron chi connectivity index (χ1n) is 8.30. The molecule has 132 valence electrons. The van der Waals surface area contributed by atoms with Gasteiger partial charge in [-0.25, -0.2) is 4.79 Å². The Balaban J connectivity index is 1.74. The monoisotopic (exact) mass is 365 g/mol. The second kappa shape index (κ2) is 8.45. The molecule has 3 aromatic rings. The summed E-state index contributed by atoms with van der Waals surface area (Å²) in [7, 11) is 0. The molecule has 0 spiro atoms. The molecule has 5 heteroatoms. The molecule has 0 unspecified atom stereocenters. The molecule has 1 amide bonds. The number of amides is 1. The van der Waals surface area contributed by atoms with Gasteiger partial charge in [-0.05, 0) is 29.5 Å². The highest BCUT2D eigenvalue weighted by molar-refractivity contribution is 7.11. The van der Waals surface area contributed by atoms with Crippen molar-refractivity contribution in [2.24, 2.45) is 0 Å². The van der Waals surface area contributed by atoms with Crippen LogP contribution in [-0.2, 0) is 9.53 Å². The summed E-state index contributed by atoms with van der Waals surface area (Å²) in [5, 5.41) is 4.78. The summed E-state index contributed by atoms with van der Waals surface area (Å²) in [6.07, 6.45) is -0.889. The summed E-state index contributed by atoms with van der Waals surface area (Å²) >= 11 is 1.29. The molecule has 0 bridgehead atoms. The molecule has 0 saturated heterocycles. The number of hydrogen-bond donors (Lipinski definition) is 1. The first-order chi connectivity index (χ1) is 12.6. The van der Waals surface area contributed by atoms with Crippen molar-refractivity contribution < 1.29 is 14.3 Å². The summed E-state index contributed by atoms with van der Waals surface area (Å²) in [6.45, 7) is 1.58. The molecule has 0 aliphatic heterocycles. The van der Waals surface area contributed by atoms with Gasteiger partial charge >= 0.3 is 5.97 Å². The highest BCUT2D eigenvalue weighted by Crippen LogP contribution is 2.22. The third-order valence-electron chi connectivity index (χ3n) is 3.93. The molecule has 0 saturated carbocycles. The van der Waals surface area contributed by atoms with Crippen LogP contribution in [-0.4, -0.2) is 18.0 Å². The SMILES string of the molecule is C[C@@H](OC(=O)c1cccs1)C(=O)NC(c1ccccc1)c1ccccc1.